The maximum absolute atomic E-state index is 11.6. The summed E-state index contributed by atoms with van der Waals surface area (Å²) in [6.07, 6.45) is 0. The van der Waals surface area contributed by atoms with Crippen molar-refractivity contribution in [3.05, 3.63) is 66.7 Å². The summed E-state index contributed by atoms with van der Waals surface area (Å²) in [5, 5.41) is 6.37. The second-order valence-electron chi connectivity index (χ2n) is 5.66. The van der Waals surface area contributed by atoms with Gasteiger partial charge in [-0.1, -0.05) is 54.6 Å². The van der Waals surface area contributed by atoms with Gasteiger partial charge in [-0.05, 0) is 22.9 Å². The number of nitrogens with one attached hydrogen (secondary N) is 2. The van der Waals surface area contributed by atoms with Crippen molar-refractivity contribution in [2.75, 3.05) is 5.32 Å². The first-order valence-corrected chi connectivity index (χ1v) is 7.60. The number of rotatable bonds is 2. The van der Waals surface area contributed by atoms with Gasteiger partial charge >= 0.3 is 0 Å². The summed E-state index contributed by atoms with van der Waals surface area (Å²) in [6.45, 7) is 1.53. The first-order chi connectivity index (χ1) is 11.2. The zero-order valence-corrected chi connectivity index (χ0v) is 12.8. The first kappa shape index (κ1) is 13.6. The van der Waals surface area contributed by atoms with Crippen LogP contribution in [0.3, 0.4) is 0 Å². The molecule has 3 heteroatoms. The van der Waals surface area contributed by atoms with Gasteiger partial charge in [-0.25, -0.2) is 0 Å². The van der Waals surface area contributed by atoms with Crippen LogP contribution in [0.1, 0.15) is 6.92 Å². The number of aromatic nitrogens is 1. The van der Waals surface area contributed by atoms with Crippen LogP contribution in [0, 0.1) is 0 Å². The van der Waals surface area contributed by atoms with Gasteiger partial charge in [0.1, 0.15) is 0 Å². The average molecular weight is 300 g/mol. The number of amides is 1. The highest BCUT2D eigenvalue weighted by Crippen LogP contribution is 2.36. The molecule has 4 aromatic rings. The number of carbonyl (C=O) groups excluding carboxylic acids is 1. The normalized spacial score (nSPS) is 11.0. The van der Waals surface area contributed by atoms with Crippen molar-refractivity contribution >= 4 is 33.3 Å². The minimum atomic E-state index is -0.0724. The average Bonchev–Trinajstić information content (AvgIpc) is 2.93. The maximum atomic E-state index is 11.6. The van der Waals surface area contributed by atoms with Gasteiger partial charge in [0, 0.05) is 23.4 Å². The fourth-order valence-electron chi connectivity index (χ4n) is 3.01. The van der Waals surface area contributed by atoms with E-state index in [4.69, 9.17) is 0 Å². The zero-order valence-electron chi connectivity index (χ0n) is 12.8. The van der Waals surface area contributed by atoms with E-state index in [1.165, 1.54) is 17.7 Å². The molecule has 112 valence electrons. The summed E-state index contributed by atoms with van der Waals surface area (Å²) in [7, 11) is 0. The van der Waals surface area contributed by atoms with Crippen molar-refractivity contribution in [1.29, 1.82) is 0 Å². The first-order valence-electron chi connectivity index (χ1n) is 7.60. The van der Waals surface area contributed by atoms with E-state index in [1.807, 2.05) is 36.4 Å². The molecule has 2 N–H and O–H groups in total. The Morgan fingerprint density at radius 1 is 0.913 bits per heavy atom. The number of aromatic amines is 1. The van der Waals surface area contributed by atoms with Crippen molar-refractivity contribution in [2.24, 2.45) is 0 Å². The lowest BCUT2D eigenvalue weighted by Gasteiger charge is -2.07. The molecule has 0 unspecified atom stereocenters. The zero-order chi connectivity index (χ0) is 15.8. The number of hydrogen-bond donors (Lipinski definition) is 2. The van der Waals surface area contributed by atoms with E-state index in [9.17, 15) is 4.79 Å². The number of para-hydroxylation sites is 1. The number of anilines is 1. The summed E-state index contributed by atoms with van der Waals surface area (Å²) in [5.74, 6) is -0.0724. The summed E-state index contributed by atoms with van der Waals surface area (Å²) >= 11 is 0. The molecule has 0 bridgehead atoms. The van der Waals surface area contributed by atoms with Gasteiger partial charge < -0.3 is 10.3 Å². The standard InChI is InChI=1S/C20H16N2O/c1-13(23)21-20-17-8-4-5-9-18(17)22-19(20)16-11-10-14-6-2-3-7-15(14)12-16/h2-12,22H,1H3,(H,21,23). The van der Waals surface area contributed by atoms with Crippen LogP contribution in [0.4, 0.5) is 5.69 Å². The molecule has 0 aliphatic heterocycles. The third-order valence-corrected chi connectivity index (χ3v) is 4.05. The lowest BCUT2D eigenvalue weighted by Crippen LogP contribution is -2.06. The van der Waals surface area contributed by atoms with Gasteiger partial charge in [0.2, 0.25) is 5.91 Å². The number of benzene rings is 3. The molecule has 1 amide bonds. The van der Waals surface area contributed by atoms with Crippen LogP contribution < -0.4 is 5.32 Å². The molecular formula is C20H16N2O. The van der Waals surface area contributed by atoms with Gasteiger partial charge in [0.15, 0.2) is 0 Å². The highest BCUT2D eigenvalue weighted by Gasteiger charge is 2.14. The molecule has 0 aliphatic carbocycles. The molecule has 0 aliphatic rings. The lowest BCUT2D eigenvalue weighted by molar-refractivity contribution is -0.114. The van der Waals surface area contributed by atoms with E-state index in [0.717, 1.165) is 27.8 Å². The summed E-state index contributed by atoms with van der Waals surface area (Å²) < 4.78 is 0. The Balaban J connectivity index is 1.97. The minimum absolute atomic E-state index is 0.0724. The third-order valence-electron chi connectivity index (χ3n) is 4.05. The summed E-state index contributed by atoms with van der Waals surface area (Å²) in [5.41, 5.74) is 3.85. The van der Waals surface area contributed by atoms with E-state index in [-0.39, 0.29) is 5.91 Å². The van der Waals surface area contributed by atoms with Gasteiger partial charge in [0.25, 0.3) is 0 Å². The third kappa shape index (κ3) is 2.36. The van der Waals surface area contributed by atoms with E-state index in [0.29, 0.717) is 0 Å². The SMILES string of the molecule is CC(=O)Nc1c(-c2ccc3ccccc3c2)[nH]c2ccccc12. The Labute approximate surface area is 134 Å². The maximum Gasteiger partial charge on any atom is 0.221 e. The monoisotopic (exact) mass is 300 g/mol. The Morgan fingerprint density at radius 3 is 2.48 bits per heavy atom. The van der Waals surface area contributed by atoms with Gasteiger partial charge in [-0.2, -0.15) is 0 Å². The molecule has 0 spiro atoms. The Hall–Kier alpha value is -3.07. The summed E-state index contributed by atoms with van der Waals surface area (Å²) in [6, 6.07) is 22.6. The molecule has 4 rings (SSSR count). The number of fused-ring (bicyclic) bond motifs is 2. The predicted molar refractivity (Wildman–Crippen MR) is 95.5 cm³/mol. The Bertz CT molecular complexity index is 1030. The van der Waals surface area contributed by atoms with Crippen LogP contribution in [0.5, 0.6) is 0 Å². The van der Waals surface area contributed by atoms with Crippen LogP contribution in [0.15, 0.2) is 66.7 Å². The predicted octanol–water partition coefficient (Wildman–Crippen LogP) is 4.95. The van der Waals surface area contributed by atoms with Gasteiger partial charge in [0.05, 0.1) is 11.4 Å². The van der Waals surface area contributed by atoms with E-state index < -0.39 is 0 Å². The minimum Gasteiger partial charge on any atom is -0.353 e. The molecule has 0 radical (unpaired) electrons. The van der Waals surface area contributed by atoms with Crippen LogP contribution in [-0.2, 0) is 4.79 Å². The fourth-order valence-corrected chi connectivity index (χ4v) is 3.01. The quantitative estimate of drug-likeness (QED) is 0.540. The van der Waals surface area contributed by atoms with Crippen molar-refractivity contribution in [3.8, 4) is 11.3 Å². The highest BCUT2D eigenvalue weighted by atomic mass is 16.1. The van der Waals surface area contributed by atoms with E-state index >= 15 is 0 Å². The van der Waals surface area contributed by atoms with Crippen molar-refractivity contribution in [2.45, 2.75) is 6.92 Å². The topological polar surface area (TPSA) is 44.9 Å². The van der Waals surface area contributed by atoms with E-state index in [1.54, 1.807) is 0 Å². The lowest BCUT2D eigenvalue weighted by atomic mass is 10.0. The van der Waals surface area contributed by atoms with Gasteiger partial charge in [-0.15, -0.1) is 0 Å². The molecule has 0 saturated carbocycles. The number of carbonyl (C=O) groups is 1. The molecule has 3 nitrogen and oxygen atoms in total. The molecule has 1 aromatic heterocycles. The van der Waals surface area contributed by atoms with Crippen LogP contribution in [0.25, 0.3) is 32.9 Å². The molecule has 23 heavy (non-hydrogen) atoms. The Morgan fingerprint density at radius 2 is 1.65 bits per heavy atom. The molecule has 3 aromatic carbocycles. The number of H-pyrrole nitrogens is 1. The second kappa shape index (κ2) is 5.29. The molecular weight excluding hydrogens is 284 g/mol. The van der Waals surface area contributed by atoms with Crippen LogP contribution in [-0.4, -0.2) is 10.9 Å². The van der Waals surface area contributed by atoms with Crippen molar-refractivity contribution in [3.63, 3.8) is 0 Å². The van der Waals surface area contributed by atoms with Crippen LogP contribution in [0.2, 0.25) is 0 Å². The smallest absolute Gasteiger partial charge is 0.221 e. The van der Waals surface area contributed by atoms with Gasteiger partial charge in [-0.3, -0.25) is 4.79 Å². The van der Waals surface area contributed by atoms with Crippen LogP contribution >= 0.6 is 0 Å². The highest BCUT2D eigenvalue weighted by molar-refractivity contribution is 6.08. The van der Waals surface area contributed by atoms with E-state index in [2.05, 4.69) is 40.6 Å². The fraction of sp³-hybridized carbons (Fsp3) is 0.0500. The second-order valence-corrected chi connectivity index (χ2v) is 5.66. The Kier molecular flexibility index (Phi) is 3.12. The van der Waals surface area contributed by atoms with Crippen molar-refractivity contribution < 1.29 is 4.79 Å². The largest absolute Gasteiger partial charge is 0.353 e. The molecule has 0 fully saturated rings. The van der Waals surface area contributed by atoms with Crippen molar-refractivity contribution in [1.82, 2.24) is 4.98 Å². The molecule has 0 saturated heterocycles. The summed E-state index contributed by atoms with van der Waals surface area (Å²) in [4.78, 5) is 15.1. The molecule has 0 atom stereocenters. The molecule has 1 heterocycles. The number of hydrogen-bond acceptors (Lipinski definition) is 1.